The van der Waals surface area contributed by atoms with Crippen LogP contribution < -0.4 is 11.5 Å². The summed E-state index contributed by atoms with van der Waals surface area (Å²) >= 11 is 0. The molecule has 1 amide bonds. The van der Waals surface area contributed by atoms with Crippen molar-refractivity contribution < 1.29 is 14.3 Å². The van der Waals surface area contributed by atoms with Crippen molar-refractivity contribution in [3.8, 4) is 0 Å². The van der Waals surface area contributed by atoms with Crippen molar-refractivity contribution in [2.45, 2.75) is 75.7 Å². The van der Waals surface area contributed by atoms with E-state index in [9.17, 15) is 4.79 Å². The van der Waals surface area contributed by atoms with E-state index in [0.29, 0.717) is 18.5 Å². The summed E-state index contributed by atoms with van der Waals surface area (Å²) in [5.41, 5.74) is 12.7. The molecule has 174 valence electrons. The summed E-state index contributed by atoms with van der Waals surface area (Å²) in [5, 5.41) is 0. The number of amides is 1. The number of hydrogen-bond acceptors (Lipinski definition) is 6. The summed E-state index contributed by atoms with van der Waals surface area (Å²) in [4.78, 5) is 17.9. The van der Waals surface area contributed by atoms with Gasteiger partial charge in [0.25, 0.3) is 0 Å². The molecule has 3 rings (SSSR count). The molecule has 1 saturated carbocycles. The summed E-state index contributed by atoms with van der Waals surface area (Å²) in [7, 11) is 5.40. The smallest absolute Gasteiger partial charge is 0.228 e. The van der Waals surface area contributed by atoms with E-state index in [1.165, 1.54) is 45.2 Å². The first-order valence-corrected chi connectivity index (χ1v) is 12.0. The number of carbonyl (C=O) groups is 1. The van der Waals surface area contributed by atoms with Crippen molar-refractivity contribution >= 4 is 5.91 Å². The Hall–Kier alpha value is -0.730. The third kappa shape index (κ3) is 5.36. The first-order valence-electron chi connectivity index (χ1n) is 12.0. The third-order valence-corrected chi connectivity index (χ3v) is 8.07. The highest BCUT2D eigenvalue weighted by atomic mass is 16.5. The fourth-order valence-electron chi connectivity index (χ4n) is 6.27. The Morgan fingerprint density at radius 1 is 1.07 bits per heavy atom. The lowest BCUT2D eigenvalue weighted by Crippen LogP contribution is -2.55. The Morgan fingerprint density at radius 2 is 1.80 bits per heavy atom. The maximum absolute atomic E-state index is 13.4. The van der Waals surface area contributed by atoms with Gasteiger partial charge < -0.3 is 30.7 Å². The van der Waals surface area contributed by atoms with E-state index < -0.39 is 0 Å². The minimum Gasteiger partial charge on any atom is -0.379 e. The zero-order valence-corrected chi connectivity index (χ0v) is 19.3. The molecule has 1 aliphatic carbocycles. The van der Waals surface area contributed by atoms with Crippen molar-refractivity contribution in [3.63, 3.8) is 0 Å². The number of carbonyl (C=O) groups excluding carboxylic acids is 1. The predicted molar refractivity (Wildman–Crippen MR) is 119 cm³/mol. The maximum Gasteiger partial charge on any atom is 0.228 e. The minimum absolute atomic E-state index is 0.0329. The summed E-state index contributed by atoms with van der Waals surface area (Å²) in [6.07, 6.45) is 9.19. The van der Waals surface area contributed by atoms with Crippen molar-refractivity contribution in [3.05, 3.63) is 0 Å². The Kier molecular flexibility index (Phi) is 8.95. The fourth-order valence-corrected chi connectivity index (χ4v) is 6.27. The van der Waals surface area contributed by atoms with Crippen molar-refractivity contribution in [2.24, 2.45) is 29.2 Å². The second-order valence-corrected chi connectivity index (χ2v) is 9.76. The van der Waals surface area contributed by atoms with Crippen molar-refractivity contribution in [1.29, 1.82) is 0 Å². The van der Waals surface area contributed by atoms with Gasteiger partial charge in [0.05, 0.1) is 18.1 Å². The summed E-state index contributed by atoms with van der Waals surface area (Å²) in [5.74, 6) is 0.580. The van der Waals surface area contributed by atoms with E-state index >= 15 is 0 Å². The van der Waals surface area contributed by atoms with Gasteiger partial charge >= 0.3 is 0 Å². The summed E-state index contributed by atoms with van der Waals surface area (Å²) in [6, 6.07) is 0.400. The van der Waals surface area contributed by atoms with Crippen LogP contribution in [0.2, 0.25) is 0 Å². The third-order valence-electron chi connectivity index (χ3n) is 8.07. The SMILES string of the molecule is COC1CCC(C(N)C(CN)C(=O)N(C)CC2CCCN3CCCCC23)CC1OC. The average Bonchev–Trinajstić information content (AvgIpc) is 2.79. The zero-order valence-electron chi connectivity index (χ0n) is 19.3. The van der Waals surface area contributed by atoms with Crippen molar-refractivity contribution in [1.82, 2.24) is 9.80 Å². The quantitative estimate of drug-likeness (QED) is 0.612. The van der Waals surface area contributed by atoms with Gasteiger partial charge in [-0.2, -0.15) is 0 Å². The lowest BCUT2D eigenvalue weighted by molar-refractivity contribution is -0.137. The summed E-state index contributed by atoms with van der Waals surface area (Å²) < 4.78 is 11.2. The van der Waals surface area contributed by atoms with Crippen molar-refractivity contribution in [2.75, 3.05) is 47.4 Å². The van der Waals surface area contributed by atoms with Crippen LogP contribution in [-0.2, 0) is 14.3 Å². The molecule has 0 aromatic heterocycles. The number of fused-ring (bicyclic) bond motifs is 1. The molecule has 3 aliphatic rings. The molecule has 3 fully saturated rings. The zero-order chi connectivity index (χ0) is 21.7. The van der Waals surface area contributed by atoms with Gasteiger partial charge in [-0.1, -0.05) is 6.42 Å². The highest BCUT2D eigenvalue weighted by Crippen LogP contribution is 2.34. The van der Waals surface area contributed by atoms with Gasteiger partial charge in [-0.15, -0.1) is 0 Å². The normalized spacial score (nSPS) is 34.8. The number of piperidine rings is 2. The standard InChI is InChI=1S/C23H44N4O3/c1-26(15-17-7-6-12-27-11-5-4-8-19(17)27)23(28)18(14-24)22(25)16-9-10-20(29-2)21(13-16)30-3/h16-22H,4-15,24-25H2,1-3H3. The molecule has 0 aromatic carbocycles. The molecule has 7 nitrogen and oxygen atoms in total. The second kappa shape index (κ2) is 11.2. The van der Waals surface area contributed by atoms with Gasteiger partial charge in [0, 0.05) is 46.4 Å². The van der Waals surface area contributed by atoms with Crippen LogP contribution in [0.1, 0.15) is 51.4 Å². The molecule has 2 aliphatic heterocycles. The molecule has 0 radical (unpaired) electrons. The topological polar surface area (TPSA) is 94.0 Å². The Morgan fingerprint density at radius 3 is 2.50 bits per heavy atom. The predicted octanol–water partition coefficient (Wildman–Crippen LogP) is 1.44. The van der Waals surface area contributed by atoms with Crippen LogP contribution in [0.4, 0.5) is 0 Å². The molecular formula is C23H44N4O3. The van der Waals surface area contributed by atoms with E-state index in [4.69, 9.17) is 20.9 Å². The van der Waals surface area contributed by atoms with Crippen LogP contribution >= 0.6 is 0 Å². The second-order valence-electron chi connectivity index (χ2n) is 9.76. The lowest BCUT2D eigenvalue weighted by Gasteiger charge is -2.45. The van der Waals surface area contributed by atoms with Gasteiger partial charge in [0.2, 0.25) is 5.91 Å². The number of hydrogen-bond donors (Lipinski definition) is 2. The molecule has 7 heteroatoms. The van der Waals surface area contributed by atoms with E-state index in [0.717, 1.165) is 25.8 Å². The Labute approximate surface area is 182 Å². The molecule has 2 saturated heterocycles. The fraction of sp³-hybridized carbons (Fsp3) is 0.957. The molecule has 7 unspecified atom stereocenters. The number of nitrogens with zero attached hydrogens (tertiary/aromatic N) is 2. The minimum atomic E-state index is -0.331. The first-order chi connectivity index (χ1) is 14.5. The molecule has 7 atom stereocenters. The van der Waals surface area contributed by atoms with E-state index in [1.54, 1.807) is 14.2 Å². The molecule has 0 aromatic rings. The highest BCUT2D eigenvalue weighted by Gasteiger charge is 2.40. The Bertz CT molecular complexity index is 547. The van der Waals surface area contributed by atoms with Gasteiger partial charge in [-0.25, -0.2) is 0 Å². The number of rotatable bonds is 8. The lowest BCUT2D eigenvalue weighted by atomic mass is 9.76. The highest BCUT2D eigenvalue weighted by molar-refractivity contribution is 5.79. The van der Waals surface area contributed by atoms with E-state index in [1.807, 2.05) is 11.9 Å². The average molecular weight is 425 g/mol. The largest absolute Gasteiger partial charge is 0.379 e. The van der Waals surface area contributed by atoms with Crippen LogP contribution in [0, 0.1) is 17.8 Å². The number of nitrogens with two attached hydrogens (primary N) is 2. The molecule has 30 heavy (non-hydrogen) atoms. The van der Waals surface area contributed by atoms with Gasteiger partial charge in [0.15, 0.2) is 0 Å². The van der Waals surface area contributed by atoms with Gasteiger partial charge in [-0.3, -0.25) is 4.79 Å². The Balaban J connectivity index is 1.59. The van der Waals surface area contributed by atoms with Crippen LogP contribution in [0.15, 0.2) is 0 Å². The van der Waals surface area contributed by atoms with E-state index in [2.05, 4.69) is 4.90 Å². The molecule has 4 N–H and O–H groups in total. The van der Waals surface area contributed by atoms with Crippen LogP contribution in [0.3, 0.4) is 0 Å². The van der Waals surface area contributed by atoms with Crippen LogP contribution in [0.25, 0.3) is 0 Å². The summed E-state index contributed by atoms with van der Waals surface area (Å²) in [6.45, 7) is 3.56. The monoisotopic (exact) mass is 424 g/mol. The molecule has 0 bridgehead atoms. The van der Waals surface area contributed by atoms with Crippen LogP contribution in [-0.4, -0.2) is 87.4 Å². The van der Waals surface area contributed by atoms with Gasteiger partial charge in [0.1, 0.15) is 0 Å². The number of methoxy groups -OCH3 is 2. The maximum atomic E-state index is 13.4. The first kappa shape index (κ1) is 23.9. The molecule has 0 spiro atoms. The van der Waals surface area contributed by atoms with E-state index in [-0.39, 0.29) is 36.0 Å². The number of ether oxygens (including phenoxy) is 2. The van der Waals surface area contributed by atoms with Crippen LogP contribution in [0.5, 0.6) is 0 Å². The molecule has 2 heterocycles. The molecular weight excluding hydrogens is 380 g/mol. The van der Waals surface area contributed by atoms with Gasteiger partial charge in [-0.05, 0) is 69.9 Å².